The fraction of sp³-hybridized carbons (Fsp3) is 0.600. The fourth-order valence-electron chi connectivity index (χ4n) is 1.18. The predicted octanol–water partition coefficient (Wildman–Crippen LogP) is 2.22. The monoisotopic (exact) mass is 216 g/mol. The van der Waals surface area contributed by atoms with E-state index >= 15 is 0 Å². The molecule has 0 saturated heterocycles. The van der Waals surface area contributed by atoms with Gasteiger partial charge in [-0.2, -0.15) is 0 Å². The van der Waals surface area contributed by atoms with Crippen molar-refractivity contribution in [1.29, 1.82) is 0 Å². The summed E-state index contributed by atoms with van der Waals surface area (Å²) in [7, 11) is 3.30. The van der Waals surface area contributed by atoms with Crippen LogP contribution in [0.5, 0.6) is 5.75 Å². The predicted molar refractivity (Wildman–Crippen MR) is 56.9 cm³/mol. The SMILES string of the molecule is COCCCC(O)c1cc(OC)cs1. The van der Waals surface area contributed by atoms with Crippen molar-refractivity contribution >= 4 is 11.3 Å². The Hall–Kier alpha value is -0.580. The first-order chi connectivity index (χ1) is 6.77. The zero-order chi connectivity index (χ0) is 10.4. The van der Waals surface area contributed by atoms with Gasteiger partial charge in [-0.05, 0) is 18.9 Å². The molecule has 1 N–H and O–H groups in total. The lowest BCUT2D eigenvalue weighted by Gasteiger charge is -2.06. The van der Waals surface area contributed by atoms with Crippen LogP contribution in [0.4, 0.5) is 0 Å². The molecule has 0 bridgehead atoms. The van der Waals surface area contributed by atoms with E-state index in [9.17, 15) is 5.11 Å². The molecule has 1 aromatic heterocycles. The molecule has 0 aliphatic heterocycles. The fourth-order valence-corrected chi connectivity index (χ4v) is 2.06. The van der Waals surface area contributed by atoms with E-state index in [1.54, 1.807) is 14.2 Å². The lowest BCUT2D eigenvalue weighted by atomic mass is 10.2. The number of aliphatic hydroxyl groups is 1. The van der Waals surface area contributed by atoms with Crippen molar-refractivity contribution in [2.45, 2.75) is 18.9 Å². The number of hydrogen-bond acceptors (Lipinski definition) is 4. The summed E-state index contributed by atoms with van der Waals surface area (Å²) in [5, 5.41) is 11.7. The van der Waals surface area contributed by atoms with Crippen LogP contribution in [-0.2, 0) is 4.74 Å². The third-order valence-electron chi connectivity index (χ3n) is 1.99. The molecule has 1 rings (SSSR count). The molecule has 1 unspecified atom stereocenters. The minimum Gasteiger partial charge on any atom is -0.496 e. The smallest absolute Gasteiger partial charge is 0.129 e. The number of methoxy groups -OCH3 is 2. The Kier molecular flexibility index (Phi) is 4.93. The summed E-state index contributed by atoms with van der Waals surface area (Å²) < 4.78 is 9.97. The summed E-state index contributed by atoms with van der Waals surface area (Å²) in [6.45, 7) is 0.694. The maximum Gasteiger partial charge on any atom is 0.129 e. The van der Waals surface area contributed by atoms with Crippen molar-refractivity contribution in [3.05, 3.63) is 16.3 Å². The van der Waals surface area contributed by atoms with Crippen LogP contribution in [0.1, 0.15) is 23.8 Å². The highest BCUT2D eigenvalue weighted by Crippen LogP contribution is 2.28. The van der Waals surface area contributed by atoms with Crippen LogP contribution in [0, 0.1) is 0 Å². The second-order valence-electron chi connectivity index (χ2n) is 3.04. The van der Waals surface area contributed by atoms with Gasteiger partial charge in [-0.25, -0.2) is 0 Å². The summed E-state index contributed by atoms with van der Waals surface area (Å²) in [5.74, 6) is 0.816. The van der Waals surface area contributed by atoms with Crippen LogP contribution in [0.25, 0.3) is 0 Å². The van der Waals surface area contributed by atoms with E-state index in [2.05, 4.69) is 0 Å². The Morgan fingerprint density at radius 1 is 1.50 bits per heavy atom. The zero-order valence-electron chi connectivity index (χ0n) is 8.53. The van der Waals surface area contributed by atoms with Crippen LogP contribution < -0.4 is 4.74 Å². The van der Waals surface area contributed by atoms with Gasteiger partial charge >= 0.3 is 0 Å². The highest BCUT2D eigenvalue weighted by molar-refractivity contribution is 7.10. The molecule has 0 saturated carbocycles. The standard InChI is InChI=1S/C10H16O3S/c1-12-5-3-4-9(11)10-6-8(13-2)7-14-10/h6-7,9,11H,3-5H2,1-2H3. The number of thiophene rings is 1. The summed E-state index contributed by atoms with van der Waals surface area (Å²) in [4.78, 5) is 0.956. The molecule has 0 aromatic carbocycles. The molecule has 0 aliphatic rings. The van der Waals surface area contributed by atoms with Crippen molar-refractivity contribution in [2.75, 3.05) is 20.8 Å². The molecule has 1 aromatic rings. The molecule has 80 valence electrons. The van der Waals surface area contributed by atoms with Gasteiger partial charge in [0.15, 0.2) is 0 Å². The molecule has 0 aliphatic carbocycles. The van der Waals surface area contributed by atoms with Gasteiger partial charge in [-0.1, -0.05) is 0 Å². The molecule has 0 fully saturated rings. The van der Waals surface area contributed by atoms with Gasteiger partial charge in [-0.15, -0.1) is 11.3 Å². The average Bonchev–Trinajstić information content (AvgIpc) is 2.66. The van der Waals surface area contributed by atoms with Crippen LogP contribution in [0.15, 0.2) is 11.4 Å². The molecule has 0 radical (unpaired) electrons. The lowest BCUT2D eigenvalue weighted by molar-refractivity contribution is 0.138. The minimum absolute atomic E-state index is 0.390. The Balaban J connectivity index is 2.39. The van der Waals surface area contributed by atoms with Gasteiger partial charge in [0.25, 0.3) is 0 Å². The highest BCUT2D eigenvalue weighted by Gasteiger charge is 2.10. The van der Waals surface area contributed by atoms with E-state index < -0.39 is 0 Å². The van der Waals surface area contributed by atoms with Gasteiger partial charge < -0.3 is 14.6 Å². The van der Waals surface area contributed by atoms with E-state index in [1.165, 1.54) is 11.3 Å². The number of aliphatic hydroxyl groups excluding tert-OH is 1. The van der Waals surface area contributed by atoms with E-state index in [4.69, 9.17) is 9.47 Å². The van der Waals surface area contributed by atoms with Crippen molar-refractivity contribution in [1.82, 2.24) is 0 Å². The third-order valence-corrected chi connectivity index (χ3v) is 3.00. The van der Waals surface area contributed by atoms with Crippen LogP contribution in [-0.4, -0.2) is 25.9 Å². The Labute approximate surface area is 88.3 Å². The lowest BCUT2D eigenvalue weighted by Crippen LogP contribution is -1.97. The van der Waals surface area contributed by atoms with Crippen molar-refractivity contribution in [3.63, 3.8) is 0 Å². The van der Waals surface area contributed by atoms with Gasteiger partial charge in [0, 0.05) is 24.0 Å². The van der Waals surface area contributed by atoms with Crippen molar-refractivity contribution < 1.29 is 14.6 Å². The minimum atomic E-state index is -0.390. The molecule has 0 amide bonds. The second-order valence-corrected chi connectivity index (χ2v) is 3.98. The quantitative estimate of drug-likeness (QED) is 0.741. The second kappa shape index (κ2) is 6.01. The maximum absolute atomic E-state index is 9.76. The summed E-state index contributed by atoms with van der Waals surface area (Å²) >= 11 is 1.52. The molecule has 1 heterocycles. The maximum atomic E-state index is 9.76. The average molecular weight is 216 g/mol. The summed E-state index contributed by atoms with van der Waals surface area (Å²) in [5.41, 5.74) is 0. The first kappa shape index (κ1) is 11.5. The Bertz CT molecular complexity index is 260. The van der Waals surface area contributed by atoms with Gasteiger partial charge in [0.05, 0.1) is 13.2 Å². The van der Waals surface area contributed by atoms with Crippen LogP contribution in [0.3, 0.4) is 0 Å². The van der Waals surface area contributed by atoms with E-state index in [0.29, 0.717) is 6.61 Å². The zero-order valence-corrected chi connectivity index (χ0v) is 9.34. The molecule has 4 heteroatoms. The normalized spacial score (nSPS) is 12.8. The van der Waals surface area contributed by atoms with Gasteiger partial charge in [0.1, 0.15) is 5.75 Å². The molecule has 1 atom stereocenters. The number of ether oxygens (including phenoxy) is 2. The largest absolute Gasteiger partial charge is 0.496 e. The molecule has 0 spiro atoms. The number of rotatable bonds is 6. The first-order valence-electron chi connectivity index (χ1n) is 4.57. The molecular weight excluding hydrogens is 200 g/mol. The first-order valence-corrected chi connectivity index (χ1v) is 5.45. The highest BCUT2D eigenvalue weighted by atomic mass is 32.1. The van der Waals surface area contributed by atoms with E-state index in [0.717, 1.165) is 23.5 Å². The molecule has 14 heavy (non-hydrogen) atoms. The van der Waals surface area contributed by atoms with Crippen molar-refractivity contribution in [2.24, 2.45) is 0 Å². The molecular formula is C10H16O3S. The van der Waals surface area contributed by atoms with Gasteiger partial charge in [-0.3, -0.25) is 0 Å². The third kappa shape index (κ3) is 3.29. The Morgan fingerprint density at radius 2 is 2.29 bits per heavy atom. The number of hydrogen-bond donors (Lipinski definition) is 1. The van der Waals surface area contributed by atoms with E-state index in [1.807, 2.05) is 11.4 Å². The van der Waals surface area contributed by atoms with E-state index in [-0.39, 0.29) is 6.10 Å². The Morgan fingerprint density at radius 3 is 2.86 bits per heavy atom. The van der Waals surface area contributed by atoms with Crippen LogP contribution >= 0.6 is 11.3 Å². The van der Waals surface area contributed by atoms with Crippen molar-refractivity contribution in [3.8, 4) is 5.75 Å². The van der Waals surface area contributed by atoms with Gasteiger partial charge in [0.2, 0.25) is 0 Å². The summed E-state index contributed by atoms with van der Waals surface area (Å²) in [6, 6.07) is 1.88. The topological polar surface area (TPSA) is 38.7 Å². The molecule has 3 nitrogen and oxygen atoms in total. The summed E-state index contributed by atoms with van der Waals surface area (Å²) in [6.07, 6.45) is 1.22. The van der Waals surface area contributed by atoms with Crippen LogP contribution in [0.2, 0.25) is 0 Å².